The van der Waals surface area contributed by atoms with Gasteiger partial charge in [0.1, 0.15) is 0 Å². The second kappa shape index (κ2) is 7.13. The maximum atomic E-state index is 11.7. The number of nitrogens with zero attached hydrogens (tertiary/aromatic N) is 2. The van der Waals surface area contributed by atoms with E-state index in [9.17, 15) is 9.59 Å². The SMILES string of the molecule is CNC(=O)CN(C)CC(=O)Nc1cccc(C#N)c1. The molecule has 19 heavy (non-hydrogen) atoms. The van der Waals surface area contributed by atoms with E-state index in [-0.39, 0.29) is 24.9 Å². The lowest BCUT2D eigenvalue weighted by molar-refractivity contribution is -0.122. The molecule has 6 nitrogen and oxygen atoms in total. The molecule has 2 amide bonds. The van der Waals surface area contributed by atoms with Crippen LogP contribution in [-0.4, -0.2) is 43.9 Å². The van der Waals surface area contributed by atoms with Crippen LogP contribution in [0.5, 0.6) is 0 Å². The quantitative estimate of drug-likeness (QED) is 0.790. The average Bonchev–Trinajstić information content (AvgIpc) is 2.38. The summed E-state index contributed by atoms with van der Waals surface area (Å²) in [5.41, 5.74) is 1.05. The molecule has 0 aromatic heterocycles. The molecule has 0 saturated carbocycles. The van der Waals surface area contributed by atoms with Gasteiger partial charge in [0.15, 0.2) is 0 Å². The van der Waals surface area contributed by atoms with E-state index >= 15 is 0 Å². The normalized spacial score (nSPS) is 9.79. The number of rotatable bonds is 5. The Kier molecular flexibility index (Phi) is 5.51. The molecule has 0 bridgehead atoms. The lowest BCUT2D eigenvalue weighted by Gasteiger charge is -2.15. The van der Waals surface area contributed by atoms with Crippen LogP contribution in [0.1, 0.15) is 5.56 Å². The number of anilines is 1. The number of carbonyl (C=O) groups is 2. The van der Waals surface area contributed by atoms with Gasteiger partial charge in [-0.2, -0.15) is 5.26 Å². The fourth-order valence-electron chi connectivity index (χ4n) is 1.49. The molecule has 0 aliphatic heterocycles. The van der Waals surface area contributed by atoms with Gasteiger partial charge in [-0.1, -0.05) is 6.07 Å². The van der Waals surface area contributed by atoms with E-state index in [2.05, 4.69) is 10.6 Å². The van der Waals surface area contributed by atoms with Crippen LogP contribution >= 0.6 is 0 Å². The molecule has 0 atom stereocenters. The Labute approximate surface area is 112 Å². The summed E-state index contributed by atoms with van der Waals surface area (Å²) in [7, 11) is 3.23. The number of likely N-dealkylation sites (N-methyl/N-ethyl adjacent to an activating group) is 2. The molecular weight excluding hydrogens is 244 g/mol. The lowest BCUT2D eigenvalue weighted by Crippen LogP contribution is -2.37. The third-order valence-electron chi connectivity index (χ3n) is 2.38. The van der Waals surface area contributed by atoms with Crippen LogP contribution in [0.4, 0.5) is 5.69 Å². The highest BCUT2D eigenvalue weighted by Crippen LogP contribution is 2.09. The molecule has 0 spiro atoms. The van der Waals surface area contributed by atoms with E-state index < -0.39 is 0 Å². The van der Waals surface area contributed by atoms with Gasteiger partial charge in [-0.05, 0) is 25.2 Å². The zero-order valence-electron chi connectivity index (χ0n) is 10.9. The van der Waals surface area contributed by atoms with Gasteiger partial charge in [0, 0.05) is 12.7 Å². The van der Waals surface area contributed by atoms with Crippen molar-refractivity contribution in [1.82, 2.24) is 10.2 Å². The summed E-state index contributed by atoms with van der Waals surface area (Å²) in [6.45, 7) is 0.256. The predicted molar refractivity (Wildman–Crippen MR) is 71.4 cm³/mol. The van der Waals surface area contributed by atoms with Crippen LogP contribution in [0.3, 0.4) is 0 Å². The Morgan fingerprint density at radius 1 is 1.32 bits per heavy atom. The van der Waals surface area contributed by atoms with Crippen LogP contribution in [-0.2, 0) is 9.59 Å². The third-order valence-corrected chi connectivity index (χ3v) is 2.38. The first-order valence-electron chi connectivity index (χ1n) is 5.74. The van der Waals surface area contributed by atoms with Gasteiger partial charge in [0.25, 0.3) is 0 Å². The molecule has 1 aromatic rings. The molecule has 1 aromatic carbocycles. The van der Waals surface area contributed by atoms with Crippen LogP contribution in [0.2, 0.25) is 0 Å². The number of benzene rings is 1. The Bertz CT molecular complexity index is 508. The van der Waals surface area contributed by atoms with Gasteiger partial charge in [0.2, 0.25) is 11.8 Å². The van der Waals surface area contributed by atoms with Crippen molar-refractivity contribution >= 4 is 17.5 Å². The van der Waals surface area contributed by atoms with Gasteiger partial charge in [-0.15, -0.1) is 0 Å². The van der Waals surface area contributed by atoms with Crippen LogP contribution in [0.25, 0.3) is 0 Å². The fraction of sp³-hybridized carbons (Fsp3) is 0.308. The second-order valence-corrected chi connectivity index (χ2v) is 4.09. The summed E-state index contributed by atoms with van der Waals surface area (Å²) in [6.07, 6.45) is 0. The first kappa shape index (κ1) is 14.7. The van der Waals surface area contributed by atoms with E-state index in [1.165, 1.54) is 0 Å². The van der Waals surface area contributed by atoms with E-state index in [4.69, 9.17) is 5.26 Å². The van der Waals surface area contributed by atoms with E-state index in [0.717, 1.165) is 0 Å². The molecule has 0 aliphatic rings. The highest BCUT2D eigenvalue weighted by Gasteiger charge is 2.09. The summed E-state index contributed by atoms with van der Waals surface area (Å²) < 4.78 is 0. The fourth-order valence-corrected chi connectivity index (χ4v) is 1.49. The second-order valence-electron chi connectivity index (χ2n) is 4.09. The van der Waals surface area contributed by atoms with Crippen molar-refractivity contribution in [2.45, 2.75) is 0 Å². The molecular formula is C13H16N4O2. The molecule has 0 radical (unpaired) electrons. The van der Waals surface area contributed by atoms with Crippen molar-refractivity contribution < 1.29 is 9.59 Å². The molecule has 0 unspecified atom stereocenters. The highest BCUT2D eigenvalue weighted by molar-refractivity contribution is 5.92. The van der Waals surface area contributed by atoms with E-state index in [1.807, 2.05) is 6.07 Å². The molecule has 0 saturated heterocycles. The maximum absolute atomic E-state index is 11.7. The molecule has 1 rings (SSSR count). The van der Waals surface area contributed by atoms with Gasteiger partial charge in [0.05, 0.1) is 24.7 Å². The predicted octanol–water partition coefficient (Wildman–Crippen LogP) is 0.175. The summed E-state index contributed by atoms with van der Waals surface area (Å²) >= 11 is 0. The van der Waals surface area contributed by atoms with Gasteiger partial charge in [-0.3, -0.25) is 14.5 Å². The minimum Gasteiger partial charge on any atom is -0.358 e. The minimum atomic E-state index is -0.235. The Hall–Kier alpha value is -2.39. The topological polar surface area (TPSA) is 85.2 Å². The smallest absolute Gasteiger partial charge is 0.238 e. The maximum Gasteiger partial charge on any atom is 0.238 e. The van der Waals surface area contributed by atoms with Gasteiger partial charge < -0.3 is 10.6 Å². The van der Waals surface area contributed by atoms with Crippen molar-refractivity contribution in [3.05, 3.63) is 29.8 Å². The van der Waals surface area contributed by atoms with E-state index in [1.54, 1.807) is 43.3 Å². The molecule has 0 aliphatic carbocycles. The molecule has 0 heterocycles. The average molecular weight is 260 g/mol. The van der Waals surface area contributed by atoms with Crippen molar-refractivity contribution in [2.75, 3.05) is 32.5 Å². The number of nitriles is 1. The zero-order valence-corrected chi connectivity index (χ0v) is 10.9. The Morgan fingerprint density at radius 2 is 2.00 bits per heavy atom. The van der Waals surface area contributed by atoms with Crippen molar-refractivity contribution in [3.63, 3.8) is 0 Å². The largest absolute Gasteiger partial charge is 0.358 e. The van der Waals surface area contributed by atoms with Crippen LogP contribution < -0.4 is 10.6 Å². The number of amides is 2. The number of carbonyl (C=O) groups excluding carboxylic acids is 2. The first-order chi connectivity index (χ1) is 9.05. The highest BCUT2D eigenvalue weighted by atomic mass is 16.2. The summed E-state index contributed by atoms with van der Waals surface area (Å²) in [5.74, 6) is -0.386. The number of hydrogen-bond acceptors (Lipinski definition) is 4. The Balaban J connectivity index is 2.51. The summed E-state index contributed by atoms with van der Waals surface area (Å²) in [4.78, 5) is 24.4. The van der Waals surface area contributed by atoms with Crippen LogP contribution in [0, 0.1) is 11.3 Å². The van der Waals surface area contributed by atoms with Gasteiger partial charge >= 0.3 is 0 Å². The lowest BCUT2D eigenvalue weighted by atomic mass is 10.2. The van der Waals surface area contributed by atoms with E-state index in [0.29, 0.717) is 11.3 Å². The zero-order chi connectivity index (χ0) is 14.3. The molecule has 6 heteroatoms. The molecule has 0 fully saturated rings. The van der Waals surface area contributed by atoms with Crippen LogP contribution in [0.15, 0.2) is 24.3 Å². The van der Waals surface area contributed by atoms with Crippen molar-refractivity contribution in [1.29, 1.82) is 5.26 Å². The van der Waals surface area contributed by atoms with Crippen molar-refractivity contribution in [3.8, 4) is 6.07 Å². The van der Waals surface area contributed by atoms with Gasteiger partial charge in [-0.25, -0.2) is 0 Å². The number of hydrogen-bond donors (Lipinski definition) is 2. The first-order valence-corrected chi connectivity index (χ1v) is 5.74. The third kappa shape index (κ3) is 5.19. The standard InChI is InChI=1S/C13H16N4O2/c1-15-12(18)8-17(2)9-13(19)16-11-5-3-4-10(6-11)7-14/h3-6H,8-9H2,1-2H3,(H,15,18)(H,16,19). The molecule has 2 N–H and O–H groups in total. The summed E-state index contributed by atoms with van der Waals surface area (Å²) in [5, 5.41) is 13.9. The van der Waals surface area contributed by atoms with Crippen molar-refractivity contribution in [2.24, 2.45) is 0 Å². The molecule has 100 valence electrons. The minimum absolute atomic E-state index is 0.101. The summed E-state index contributed by atoms with van der Waals surface area (Å²) in [6, 6.07) is 8.66. The monoisotopic (exact) mass is 260 g/mol. The number of nitrogens with one attached hydrogen (secondary N) is 2. The Morgan fingerprint density at radius 3 is 2.63 bits per heavy atom.